The molecule has 3 heterocycles. The fourth-order valence-electron chi connectivity index (χ4n) is 6.48. The number of hydrogen-bond donors (Lipinski definition) is 0. The van der Waals surface area contributed by atoms with Crippen molar-refractivity contribution in [3.63, 3.8) is 0 Å². The van der Waals surface area contributed by atoms with Crippen molar-refractivity contribution in [1.29, 1.82) is 0 Å². The van der Waals surface area contributed by atoms with E-state index in [4.69, 9.17) is 23.9 Å². The van der Waals surface area contributed by atoms with E-state index in [0.29, 0.717) is 39.2 Å². The monoisotopic (exact) mass is 657 g/mol. The Labute approximate surface area is 285 Å². The zero-order chi connectivity index (χ0) is 34.8. The smallest absolute Gasteiger partial charge is 0.410 e. The molecule has 1 saturated heterocycles. The van der Waals surface area contributed by atoms with E-state index >= 15 is 0 Å². The third-order valence-corrected chi connectivity index (χ3v) is 8.94. The Hall–Kier alpha value is -4.11. The number of nitrogens with zero attached hydrogens (tertiary/aromatic N) is 3. The van der Waals surface area contributed by atoms with Crippen LogP contribution < -0.4 is 9.64 Å². The summed E-state index contributed by atoms with van der Waals surface area (Å²) in [5.41, 5.74) is 6.46. The third-order valence-electron chi connectivity index (χ3n) is 8.94. The lowest BCUT2D eigenvalue weighted by Gasteiger charge is -2.38. The van der Waals surface area contributed by atoms with Gasteiger partial charge in [-0.25, -0.2) is 9.78 Å². The largest absolute Gasteiger partial charge is 0.488 e. The van der Waals surface area contributed by atoms with E-state index < -0.39 is 11.2 Å². The van der Waals surface area contributed by atoms with Crippen LogP contribution in [0.25, 0.3) is 11.3 Å². The van der Waals surface area contributed by atoms with Gasteiger partial charge in [0.25, 0.3) is 0 Å². The molecule has 0 N–H and O–H groups in total. The maximum absolute atomic E-state index is 12.9. The molecule has 9 heteroatoms. The average Bonchev–Trinajstić information content (AvgIpc) is 3.03. The normalized spacial score (nSPS) is 18.3. The van der Waals surface area contributed by atoms with E-state index in [-0.39, 0.29) is 24.1 Å². The topological polar surface area (TPSA) is 90.4 Å². The molecule has 3 aromatic rings. The summed E-state index contributed by atoms with van der Waals surface area (Å²) < 4.78 is 23.7. The van der Waals surface area contributed by atoms with Gasteiger partial charge in [-0.1, -0.05) is 30.3 Å². The number of para-hydroxylation sites is 1. The van der Waals surface area contributed by atoms with Gasteiger partial charge in [0.1, 0.15) is 29.4 Å². The van der Waals surface area contributed by atoms with Crippen LogP contribution in [0.4, 0.5) is 10.6 Å². The molecule has 258 valence electrons. The summed E-state index contributed by atoms with van der Waals surface area (Å²) in [6.45, 7) is 18.3. The minimum Gasteiger partial charge on any atom is -0.488 e. The molecule has 2 atom stereocenters. The molecule has 0 radical (unpaired) electrons. The number of fused-ring (bicyclic) bond motifs is 1. The van der Waals surface area contributed by atoms with Crippen LogP contribution in [0.5, 0.6) is 5.75 Å². The second kappa shape index (κ2) is 14.2. The Balaban J connectivity index is 1.30. The van der Waals surface area contributed by atoms with Crippen molar-refractivity contribution in [2.24, 2.45) is 5.92 Å². The lowest BCUT2D eigenvalue weighted by Crippen LogP contribution is -2.49. The predicted molar refractivity (Wildman–Crippen MR) is 187 cm³/mol. The van der Waals surface area contributed by atoms with E-state index in [1.54, 1.807) is 12.0 Å². The van der Waals surface area contributed by atoms with Crippen molar-refractivity contribution in [3.05, 3.63) is 76.3 Å². The number of aryl methyl sites for hydroxylation is 1. The maximum atomic E-state index is 12.9. The molecule has 2 aromatic carbocycles. The number of aromatic nitrogens is 1. The second-order valence-electron chi connectivity index (χ2n) is 14.9. The summed E-state index contributed by atoms with van der Waals surface area (Å²) in [6, 6.07) is 16.4. The number of ether oxygens (including phenoxy) is 4. The van der Waals surface area contributed by atoms with E-state index in [1.165, 1.54) is 11.1 Å². The summed E-state index contributed by atoms with van der Waals surface area (Å²) in [6.07, 6.45) is 0.834. The zero-order valence-corrected chi connectivity index (χ0v) is 30.0. The Morgan fingerprint density at radius 2 is 1.65 bits per heavy atom. The Morgan fingerprint density at radius 3 is 2.35 bits per heavy atom. The number of rotatable bonds is 7. The molecule has 1 fully saturated rings. The highest BCUT2D eigenvalue weighted by atomic mass is 16.6. The summed E-state index contributed by atoms with van der Waals surface area (Å²) in [5, 5.41) is 0. The highest BCUT2D eigenvalue weighted by Crippen LogP contribution is 2.35. The van der Waals surface area contributed by atoms with E-state index in [2.05, 4.69) is 36.9 Å². The van der Waals surface area contributed by atoms with E-state index in [9.17, 15) is 9.59 Å². The molecule has 0 unspecified atom stereocenters. The Kier molecular flexibility index (Phi) is 10.4. The molecule has 0 bridgehead atoms. The van der Waals surface area contributed by atoms with Crippen LogP contribution in [0.2, 0.25) is 0 Å². The Morgan fingerprint density at radius 1 is 0.917 bits per heavy atom. The van der Waals surface area contributed by atoms with Gasteiger partial charge in [-0.2, -0.15) is 0 Å². The number of benzene rings is 2. The molecule has 1 amide bonds. The molecule has 0 aliphatic carbocycles. The van der Waals surface area contributed by atoms with Crippen molar-refractivity contribution in [3.8, 4) is 17.0 Å². The molecule has 5 rings (SSSR count). The first kappa shape index (κ1) is 35.2. The van der Waals surface area contributed by atoms with E-state index in [0.717, 1.165) is 45.9 Å². The maximum Gasteiger partial charge on any atom is 0.410 e. The minimum absolute atomic E-state index is 0.214. The lowest BCUT2D eigenvalue weighted by atomic mass is 9.92. The van der Waals surface area contributed by atoms with Crippen molar-refractivity contribution >= 4 is 17.9 Å². The van der Waals surface area contributed by atoms with Crippen molar-refractivity contribution in [2.45, 2.75) is 98.7 Å². The second-order valence-corrected chi connectivity index (χ2v) is 14.9. The minimum atomic E-state index is -0.542. The number of esters is 1. The molecule has 48 heavy (non-hydrogen) atoms. The third kappa shape index (κ3) is 8.29. The van der Waals surface area contributed by atoms with Gasteiger partial charge in [-0.05, 0) is 114 Å². The number of hydrogen-bond acceptors (Lipinski definition) is 8. The first-order valence-electron chi connectivity index (χ1n) is 16.9. The van der Waals surface area contributed by atoms with Crippen LogP contribution >= 0.6 is 0 Å². The standard InChI is InChI=1S/C39H51N3O6/c1-25-12-10-13-30(32-14-11-15-34(40-32)41-20-19-31(33(23-41)45-9)36(43)47-38(3,4)5)35(25)46-24-28-17-16-27-22-42(21-18-29(27)26(28)2)37(44)48-39(6,7)8/h10-17,31,33H,18-24H2,1-9H3/t31-,33+/m0/s1. The lowest BCUT2D eigenvalue weighted by molar-refractivity contribution is -0.165. The average molecular weight is 658 g/mol. The van der Waals surface area contributed by atoms with Gasteiger partial charge >= 0.3 is 12.1 Å². The van der Waals surface area contributed by atoms with E-state index in [1.807, 2.05) is 71.9 Å². The van der Waals surface area contributed by atoms with Gasteiger partial charge in [-0.3, -0.25) is 4.79 Å². The van der Waals surface area contributed by atoms with Crippen molar-refractivity contribution in [2.75, 3.05) is 31.6 Å². The van der Waals surface area contributed by atoms with Crippen LogP contribution in [0.1, 0.15) is 75.8 Å². The quantitative estimate of drug-likeness (QED) is 0.243. The molecule has 0 saturated carbocycles. The van der Waals surface area contributed by atoms with Crippen LogP contribution in [0, 0.1) is 19.8 Å². The van der Waals surface area contributed by atoms with Crippen LogP contribution in [-0.2, 0) is 38.6 Å². The number of carbonyl (C=O) groups excluding carboxylic acids is 2. The first-order valence-corrected chi connectivity index (χ1v) is 16.9. The van der Waals surface area contributed by atoms with Crippen LogP contribution in [0.15, 0.2) is 48.5 Å². The number of piperidine rings is 1. The fraction of sp³-hybridized carbons (Fsp3) is 0.513. The molecule has 2 aliphatic rings. The van der Waals surface area contributed by atoms with Gasteiger partial charge in [0, 0.05) is 38.9 Å². The summed E-state index contributed by atoms with van der Waals surface area (Å²) in [7, 11) is 1.65. The number of methoxy groups -OCH3 is 1. The van der Waals surface area contributed by atoms with Crippen LogP contribution in [-0.4, -0.2) is 66.0 Å². The number of amides is 1. The molecule has 0 spiro atoms. The van der Waals surface area contributed by atoms with Crippen LogP contribution in [0.3, 0.4) is 0 Å². The van der Waals surface area contributed by atoms with Crippen molar-refractivity contribution in [1.82, 2.24) is 9.88 Å². The zero-order valence-electron chi connectivity index (χ0n) is 30.0. The highest BCUT2D eigenvalue weighted by molar-refractivity contribution is 5.74. The van der Waals surface area contributed by atoms with Gasteiger partial charge in [-0.15, -0.1) is 0 Å². The molecular formula is C39H51N3O6. The summed E-state index contributed by atoms with van der Waals surface area (Å²) >= 11 is 0. The molecule has 1 aromatic heterocycles. The number of pyridine rings is 1. The molecule has 2 aliphatic heterocycles. The van der Waals surface area contributed by atoms with Gasteiger partial charge in [0.15, 0.2) is 0 Å². The summed E-state index contributed by atoms with van der Waals surface area (Å²) in [5.74, 6) is 1.10. The Bertz CT molecular complexity index is 1640. The van der Waals surface area contributed by atoms with Crippen molar-refractivity contribution < 1.29 is 28.5 Å². The first-order chi connectivity index (χ1) is 22.6. The number of carbonyl (C=O) groups is 2. The molecular weight excluding hydrogens is 606 g/mol. The van der Waals surface area contributed by atoms with Gasteiger partial charge < -0.3 is 28.7 Å². The SMILES string of the molecule is CO[C@@H]1CN(c2cccc(-c3cccc(C)c3OCc3ccc4c(c3C)CCN(C(=O)OC(C)(C)C)C4)n2)CC[C@@H]1C(=O)OC(C)(C)C. The highest BCUT2D eigenvalue weighted by Gasteiger charge is 2.37. The predicted octanol–water partition coefficient (Wildman–Crippen LogP) is 7.42. The summed E-state index contributed by atoms with van der Waals surface area (Å²) in [4.78, 5) is 34.6. The van der Waals surface area contributed by atoms with Gasteiger partial charge in [0.2, 0.25) is 0 Å². The van der Waals surface area contributed by atoms with Gasteiger partial charge in [0.05, 0.1) is 17.7 Å². The number of anilines is 1. The molecule has 9 nitrogen and oxygen atoms in total. The fourth-order valence-corrected chi connectivity index (χ4v) is 6.48.